The molecule has 3 N–H and O–H groups in total. The lowest BCUT2D eigenvalue weighted by atomic mass is 10.1. The Kier molecular flexibility index (Phi) is 5.48. The number of fused-ring (bicyclic) bond motifs is 1. The van der Waals surface area contributed by atoms with Crippen LogP contribution in [0.15, 0.2) is 54.7 Å². The SMILES string of the molecule is Cc1ccc(C)c(NC(=O)c2cc(NCCc3c[nH]c4ccccc34)nc(C)n2)c1. The highest BCUT2D eigenvalue weighted by atomic mass is 16.1. The molecule has 1 amide bonds. The average molecular weight is 399 g/mol. The number of para-hydroxylation sites is 1. The number of carbonyl (C=O) groups excluding carboxylic acids is 1. The van der Waals surface area contributed by atoms with Crippen molar-refractivity contribution in [3.8, 4) is 0 Å². The molecule has 6 nitrogen and oxygen atoms in total. The highest BCUT2D eigenvalue weighted by Gasteiger charge is 2.12. The highest BCUT2D eigenvalue weighted by molar-refractivity contribution is 6.03. The van der Waals surface area contributed by atoms with Crippen molar-refractivity contribution in [2.75, 3.05) is 17.2 Å². The number of amides is 1. The molecule has 2 aromatic heterocycles. The van der Waals surface area contributed by atoms with E-state index in [-0.39, 0.29) is 5.91 Å². The van der Waals surface area contributed by atoms with Gasteiger partial charge in [-0.3, -0.25) is 4.79 Å². The highest BCUT2D eigenvalue weighted by Crippen LogP contribution is 2.19. The van der Waals surface area contributed by atoms with Gasteiger partial charge in [0.1, 0.15) is 17.3 Å². The Morgan fingerprint density at radius 3 is 2.73 bits per heavy atom. The fourth-order valence-electron chi connectivity index (χ4n) is 3.50. The smallest absolute Gasteiger partial charge is 0.274 e. The van der Waals surface area contributed by atoms with Crippen molar-refractivity contribution in [1.82, 2.24) is 15.0 Å². The number of anilines is 2. The topological polar surface area (TPSA) is 82.7 Å². The Hall–Kier alpha value is -3.67. The zero-order valence-electron chi connectivity index (χ0n) is 17.4. The molecule has 0 aliphatic heterocycles. The van der Waals surface area contributed by atoms with E-state index in [4.69, 9.17) is 0 Å². The average Bonchev–Trinajstić information content (AvgIpc) is 3.13. The van der Waals surface area contributed by atoms with E-state index in [0.29, 0.717) is 23.9 Å². The zero-order valence-corrected chi connectivity index (χ0v) is 17.4. The van der Waals surface area contributed by atoms with Gasteiger partial charge in [-0.05, 0) is 56.0 Å². The van der Waals surface area contributed by atoms with Crippen molar-refractivity contribution in [3.63, 3.8) is 0 Å². The molecule has 0 unspecified atom stereocenters. The molecule has 2 heterocycles. The van der Waals surface area contributed by atoms with Gasteiger partial charge in [0.05, 0.1) is 0 Å². The molecule has 4 aromatic rings. The maximum absolute atomic E-state index is 12.8. The van der Waals surface area contributed by atoms with Crippen LogP contribution in [0.2, 0.25) is 0 Å². The molecule has 152 valence electrons. The summed E-state index contributed by atoms with van der Waals surface area (Å²) in [4.78, 5) is 24.8. The normalized spacial score (nSPS) is 10.9. The molecule has 0 atom stereocenters. The first-order valence-corrected chi connectivity index (χ1v) is 10.0. The second-order valence-corrected chi connectivity index (χ2v) is 7.49. The van der Waals surface area contributed by atoms with E-state index in [9.17, 15) is 4.79 Å². The van der Waals surface area contributed by atoms with Gasteiger partial charge < -0.3 is 15.6 Å². The van der Waals surface area contributed by atoms with Gasteiger partial charge >= 0.3 is 0 Å². The third-order valence-corrected chi connectivity index (χ3v) is 5.09. The molecule has 0 aliphatic carbocycles. The van der Waals surface area contributed by atoms with E-state index >= 15 is 0 Å². The molecule has 0 radical (unpaired) electrons. The van der Waals surface area contributed by atoms with Crippen molar-refractivity contribution < 1.29 is 4.79 Å². The number of rotatable bonds is 6. The molecular formula is C24H25N5O. The standard InChI is InChI=1S/C24H25N5O/c1-15-8-9-16(2)21(12-15)29-24(30)22-13-23(28-17(3)27-22)25-11-10-18-14-26-20-7-5-4-6-19(18)20/h4-9,12-14,26H,10-11H2,1-3H3,(H,29,30)(H,25,27,28). The number of aromatic nitrogens is 3. The number of aromatic amines is 1. The first kappa shape index (κ1) is 19.6. The lowest BCUT2D eigenvalue weighted by molar-refractivity contribution is 0.102. The van der Waals surface area contributed by atoms with Crippen molar-refractivity contribution >= 4 is 28.3 Å². The van der Waals surface area contributed by atoms with Gasteiger partial charge in [0, 0.05) is 35.4 Å². The molecule has 0 saturated heterocycles. The number of nitrogens with zero attached hydrogens (tertiary/aromatic N) is 2. The van der Waals surface area contributed by atoms with E-state index in [2.05, 4.69) is 37.7 Å². The van der Waals surface area contributed by atoms with Gasteiger partial charge in [-0.15, -0.1) is 0 Å². The molecule has 0 fully saturated rings. The zero-order chi connectivity index (χ0) is 21.1. The molecule has 2 aromatic carbocycles. The van der Waals surface area contributed by atoms with Crippen LogP contribution in [0.5, 0.6) is 0 Å². The Bertz CT molecular complexity index is 1210. The number of nitrogens with one attached hydrogen (secondary N) is 3. The molecule has 6 heteroatoms. The summed E-state index contributed by atoms with van der Waals surface area (Å²) in [6.07, 6.45) is 2.89. The van der Waals surface area contributed by atoms with Crippen LogP contribution < -0.4 is 10.6 Å². The predicted molar refractivity (Wildman–Crippen MR) is 121 cm³/mol. The Morgan fingerprint density at radius 2 is 1.87 bits per heavy atom. The number of H-pyrrole nitrogens is 1. The van der Waals surface area contributed by atoms with Crippen LogP contribution >= 0.6 is 0 Å². The molecule has 0 bridgehead atoms. The summed E-state index contributed by atoms with van der Waals surface area (Å²) in [6, 6.07) is 15.9. The monoisotopic (exact) mass is 399 g/mol. The summed E-state index contributed by atoms with van der Waals surface area (Å²) in [5.74, 6) is 0.959. The van der Waals surface area contributed by atoms with Crippen LogP contribution in [-0.2, 0) is 6.42 Å². The number of hydrogen-bond donors (Lipinski definition) is 3. The van der Waals surface area contributed by atoms with E-state index in [1.165, 1.54) is 10.9 Å². The molecule has 0 spiro atoms. The predicted octanol–water partition coefficient (Wildman–Crippen LogP) is 4.79. The Balaban J connectivity index is 1.45. The Morgan fingerprint density at radius 1 is 1.03 bits per heavy atom. The van der Waals surface area contributed by atoms with E-state index < -0.39 is 0 Å². The summed E-state index contributed by atoms with van der Waals surface area (Å²) in [5.41, 5.74) is 5.63. The number of hydrogen-bond acceptors (Lipinski definition) is 4. The molecular weight excluding hydrogens is 374 g/mol. The summed E-state index contributed by atoms with van der Waals surface area (Å²) >= 11 is 0. The quantitative estimate of drug-likeness (QED) is 0.435. The maximum Gasteiger partial charge on any atom is 0.274 e. The second-order valence-electron chi connectivity index (χ2n) is 7.49. The Labute approximate surface area is 175 Å². The van der Waals surface area contributed by atoms with Crippen LogP contribution in [0, 0.1) is 20.8 Å². The lowest BCUT2D eigenvalue weighted by Crippen LogP contribution is -2.17. The van der Waals surface area contributed by atoms with Gasteiger partial charge in [-0.1, -0.05) is 30.3 Å². The largest absolute Gasteiger partial charge is 0.370 e. The minimum Gasteiger partial charge on any atom is -0.370 e. The van der Waals surface area contributed by atoms with Gasteiger partial charge in [0.2, 0.25) is 0 Å². The molecule has 0 aliphatic rings. The molecule has 30 heavy (non-hydrogen) atoms. The van der Waals surface area contributed by atoms with Crippen molar-refractivity contribution in [3.05, 3.63) is 82.9 Å². The first-order chi connectivity index (χ1) is 14.5. The number of carbonyl (C=O) groups is 1. The number of aryl methyl sites for hydroxylation is 3. The first-order valence-electron chi connectivity index (χ1n) is 10.0. The van der Waals surface area contributed by atoms with Gasteiger partial charge in [0.15, 0.2) is 0 Å². The summed E-state index contributed by atoms with van der Waals surface area (Å²) in [7, 11) is 0. The van der Waals surface area contributed by atoms with Crippen LogP contribution in [0.3, 0.4) is 0 Å². The summed E-state index contributed by atoms with van der Waals surface area (Å²) in [6.45, 7) is 6.47. The second kappa shape index (κ2) is 8.37. The maximum atomic E-state index is 12.8. The van der Waals surface area contributed by atoms with Crippen LogP contribution in [-0.4, -0.2) is 27.4 Å². The number of benzene rings is 2. The van der Waals surface area contributed by atoms with E-state index in [0.717, 1.165) is 28.8 Å². The third kappa shape index (κ3) is 4.33. The van der Waals surface area contributed by atoms with E-state index in [1.54, 1.807) is 13.0 Å². The lowest BCUT2D eigenvalue weighted by Gasteiger charge is -2.11. The van der Waals surface area contributed by atoms with Gasteiger partial charge in [0.25, 0.3) is 5.91 Å². The van der Waals surface area contributed by atoms with Gasteiger partial charge in [-0.2, -0.15) is 0 Å². The molecule has 0 saturated carbocycles. The summed E-state index contributed by atoms with van der Waals surface area (Å²) in [5, 5.41) is 7.51. The van der Waals surface area contributed by atoms with Crippen molar-refractivity contribution in [2.24, 2.45) is 0 Å². The van der Waals surface area contributed by atoms with Crippen molar-refractivity contribution in [1.29, 1.82) is 0 Å². The molecule has 4 rings (SSSR count). The van der Waals surface area contributed by atoms with Crippen molar-refractivity contribution in [2.45, 2.75) is 27.2 Å². The van der Waals surface area contributed by atoms with Crippen LogP contribution in [0.1, 0.15) is 33.0 Å². The van der Waals surface area contributed by atoms with E-state index in [1.807, 2.05) is 50.4 Å². The van der Waals surface area contributed by atoms with Gasteiger partial charge in [-0.25, -0.2) is 9.97 Å². The van der Waals surface area contributed by atoms with Crippen LogP contribution in [0.25, 0.3) is 10.9 Å². The minimum absolute atomic E-state index is 0.242. The third-order valence-electron chi connectivity index (χ3n) is 5.09. The fourth-order valence-corrected chi connectivity index (χ4v) is 3.50. The summed E-state index contributed by atoms with van der Waals surface area (Å²) < 4.78 is 0. The van der Waals surface area contributed by atoms with Crippen LogP contribution in [0.4, 0.5) is 11.5 Å². The minimum atomic E-state index is -0.242. The fraction of sp³-hybridized carbons (Fsp3) is 0.208.